The van der Waals surface area contributed by atoms with E-state index in [1.165, 1.54) is 33.4 Å². The van der Waals surface area contributed by atoms with Gasteiger partial charge in [-0.2, -0.15) is 0 Å². The molecule has 3 aromatic heterocycles. The Kier molecular flexibility index (Phi) is 15.0. The lowest BCUT2D eigenvalue weighted by Crippen LogP contribution is -2.28. The van der Waals surface area contributed by atoms with E-state index < -0.39 is 5.41 Å². The Morgan fingerprint density at radius 3 is 1.39 bits per heavy atom. The highest BCUT2D eigenvalue weighted by Gasteiger charge is 2.46. The summed E-state index contributed by atoms with van der Waals surface area (Å²) in [5, 5.41) is 6.44. The van der Waals surface area contributed by atoms with Gasteiger partial charge in [0, 0.05) is 89.6 Å². The molecule has 3 heterocycles. The fourth-order valence-electron chi connectivity index (χ4n) is 16.8. The van der Waals surface area contributed by atoms with Gasteiger partial charge in [-0.25, -0.2) is 0 Å². The molecule has 0 radical (unpaired) electrons. The van der Waals surface area contributed by atoms with Gasteiger partial charge in [0.25, 0.3) is 0 Å². The third kappa shape index (κ3) is 10.4. The Bertz CT molecular complexity index is 6610. The van der Waals surface area contributed by atoms with Gasteiger partial charge in [0.15, 0.2) is 5.58 Å². The van der Waals surface area contributed by atoms with Crippen LogP contribution in [0.3, 0.4) is 0 Å². The zero-order chi connectivity index (χ0) is 71.1. The molecule has 1 aliphatic rings. The Labute approximate surface area is 620 Å². The summed E-state index contributed by atoms with van der Waals surface area (Å²) in [7, 11) is 0. The second-order valence-corrected chi connectivity index (χ2v) is 27.6. The second-order valence-electron chi connectivity index (χ2n) is 27.6. The van der Waals surface area contributed by atoms with Crippen LogP contribution in [0, 0.1) is 0 Å². The molecule has 107 heavy (non-hydrogen) atoms. The standard InChI is InChI=1S/C101H68N4O2/c1-3-67-40-47-76(48-41-67)102(75-30-15-8-16-31-75)82-60-72(61-83(63-82)104(77-49-42-68(4-2)43-50-77)79-55-58-93-90(64-79)84-32-17-20-36-92(84)101(93,73-26-11-6-12-27-73)74-28-13-7-14-29-74)71-46-59-94-91(62-71)85-56-53-80(65-96(85)105(94)95-37-23-35-89-87-34-19-22-39-98(87)107-100(89)95)103(78-51-44-70(45-52-78)69-24-9-5-10-25-69)81-54-57-88-86-33-18-21-38-97(86)106-99(88)66-81/h3-66H,1-2H2. The van der Waals surface area contributed by atoms with Gasteiger partial charge in [0.05, 0.1) is 22.1 Å². The van der Waals surface area contributed by atoms with Crippen LogP contribution in [0.4, 0.5) is 51.2 Å². The molecule has 0 unspecified atom stereocenters. The lowest BCUT2D eigenvalue weighted by atomic mass is 9.68. The quantitative estimate of drug-likeness (QED) is 0.0964. The average Bonchev–Trinajstić information content (AvgIpc) is 1.55. The summed E-state index contributed by atoms with van der Waals surface area (Å²) in [6.45, 7) is 8.35. The summed E-state index contributed by atoms with van der Waals surface area (Å²) in [6, 6.07) is 137. The Hall–Kier alpha value is -14.2. The highest BCUT2D eigenvalue weighted by Crippen LogP contribution is 2.58. The Balaban J connectivity index is 0.824. The van der Waals surface area contributed by atoms with Crippen LogP contribution in [-0.2, 0) is 5.41 Å². The maximum absolute atomic E-state index is 7.00. The van der Waals surface area contributed by atoms with Gasteiger partial charge in [-0.3, -0.25) is 0 Å². The van der Waals surface area contributed by atoms with Crippen LogP contribution < -0.4 is 14.7 Å². The van der Waals surface area contributed by atoms with E-state index in [2.05, 4.69) is 390 Å². The van der Waals surface area contributed by atoms with Crippen molar-refractivity contribution in [1.29, 1.82) is 0 Å². The topological polar surface area (TPSA) is 40.9 Å². The minimum absolute atomic E-state index is 0.574. The molecular formula is C101H68N4O2. The van der Waals surface area contributed by atoms with E-state index in [-0.39, 0.29) is 0 Å². The van der Waals surface area contributed by atoms with Crippen LogP contribution >= 0.6 is 0 Å². The molecule has 504 valence electrons. The molecular weight excluding hydrogens is 1300 g/mol. The predicted molar refractivity (Wildman–Crippen MR) is 448 cm³/mol. The molecule has 0 atom stereocenters. The monoisotopic (exact) mass is 1370 g/mol. The summed E-state index contributed by atoms with van der Waals surface area (Å²) in [6.07, 6.45) is 3.81. The van der Waals surface area contributed by atoms with E-state index in [1.54, 1.807) is 0 Å². The van der Waals surface area contributed by atoms with E-state index in [1.807, 2.05) is 30.4 Å². The number of hydrogen-bond acceptors (Lipinski definition) is 5. The summed E-state index contributed by atoms with van der Waals surface area (Å²) in [5.41, 5.74) is 28.4. The van der Waals surface area contributed by atoms with Gasteiger partial charge in [-0.15, -0.1) is 0 Å². The number of nitrogens with zero attached hydrogens (tertiary/aromatic N) is 4. The van der Waals surface area contributed by atoms with Crippen molar-refractivity contribution in [3.8, 4) is 39.1 Å². The SMILES string of the molecule is C=Cc1ccc(N(c2ccccc2)c2cc(-c3ccc4c(c3)c3ccc(N(c5ccc(-c6ccccc6)cc5)c5ccc6c(c5)oc5ccccc56)cc3n4-c3cccc4c3oc3ccccc34)cc(N(c3ccc(C=C)cc3)c3ccc4c(c3)-c3ccccc3C4(c3ccccc3)c3ccccc3)c2)cc1. The molecule has 20 rings (SSSR count). The van der Waals surface area contributed by atoms with Crippen molar-refractivity contribution in [2.24, 2.45) is 0 Å². The first kappa shape index (κ1) is 62.6. The van der Waals surface area contributed by atoms with Gasteiger partial charge in [0.1, 0.15) is 16.7 Å². The molecule has 6 heteroatoms. The van der Waals surface area contributed by atoms with Gasteiger partial charge in [-0.05, 0) is 200 Å². The minimum Gasteiger partial charge on any atom is -0.456 e. The van der Waals surface area contributed by atoms with Crippen molar-refractivity contribution < 1.29 is 8.83 Å². The van der Waals surface area contributed by atoms with Crippen molar-refractivity contribution in [2.75, 3.05) is 14.7 Å². The molecule has 0 N–H and O–H groups in total. The normalized spacial score (nSPS) is 12.3. The average molecular weight is 1370 g/mol. The first-order chi connectivity index (χ1) is 52.9. The largest absolute Gasteiger partial charge is 0.456 e. The number of fused-ring (bicyclic) bond motifs is 12. The molecule has 6 nitrogen and oxygen atoms in total. The zero-order valence-corrected chi connectivity index (χ0v) is 58.5. The first-order valence-electron chi connectivity index (χ1n) is 36.4. The van der Waals surface area contributed by atoms with E-state index in [4.69, 9.17) is 8.83 Å². The van der Waals surface area contributed by atoms with Crippen molar-refractivity contribution >= 4 is 129 Å². The second kappa shape index (κ2) is 25.6. The Morgan fingerprint density at radius 2 is 0.729 bits per heavy atom. The first-order valence-corrected chi connectivity index (χ1v) is 36.4. The van der Waals surface area contributed by atoms with Crippen LogP contribution in [0.25, 0.3) is 117 Å². The maximum Gasteiger partial charge on any atom is 0.159 e. The highest BCUT2D eigenvalue weighted by atomic mass is 16.3. The number of hydrogen-bond donors (Lipinski definition) is 0. The van der Waals surface area contributed by atoms with Gasteiger partial charge in [0.2, 0.25) is 0 Å². The molecule has 16 aromatic carbocycles. The molecule has 0 bridgehead atoms. The van der Waals surface area contributed by atoms with Crippen molar-refractivity contribution in [3.63, 3.8) is 0 Å². The summed E-state index contributed by atoms with van der Waals surface area (Å²) in [5.74, 6) is 0. The maximum atomic E-state index is 7.00. The molecule has 0 amide bonds. The lowest BCUT2D eigenvalue weighted by Gasteiger charge is -2.34. The molecule has 0 saturated heterocycles. The van der Waals surface area contributed by atoms with Crippen LogP contribution in [0.15, 0.2) is 398 Å². The number of rotatable bonds is 16. The van der Waals surface area contributed by atoms with Crippen LogP contribution in [0.5, 0.6) is 0 Å². The zero-order valence-electron chi connectivity index (χ0n) is 58.5. The van der Waals surface area contributed by atoms with Crippen LogP contribution in [-0.4, -0.2) is 4.57 Å². The van der Waals surface area contributed by atoms with Crippen LogP contribution in [0.2, 0.25) is 0 Å². The number of benzene rings is 16. The van der Waals surface area contributed by atoms with E-state index in [0.29, 0.717) is 0 Å². The minimum atomic E-state index is -0.574. The molecule has 0 spiro atoms. The number of furan rings is 2. The molecule has 0 saturated carbocycles. The third-order valence-electron chi connectivity index (χ3n) is 21.7. The van der Waals surface area contributed by atoms with Crippen LogP contribution in [0.1, 0.15) is 33.4 Å². The molecule has 0 aliphatic heterocycles. The summed E-state index contributed by atoms with van der Waals surface area (Å²) < 4.78 is 16.1. The highest BCUT2D eigenvalue weighted by molar-refractivity contribution is 6.15. The fourth-order valence-corrected chi connectivity index (χ4v) is 16.8. The van der Waals surface area contributed by atoms with Gasteiger partial charge < -0.3 is 28.1 Å². The number of para-hydroxylation sites is 4. The number of aromatic nitrogens is 1. The van der Waals surface area contributed by atoms with E-state index in [0.717, 1.165) is 156 Å². The molecule has 1 aliphatic carbocycles. The van der Waals surface area contributed by atoms with Crippen molar-refractivity contribution in [2.45, 2.75) is 5.41 Å². The Morgan fingerprint density at radius 1 is 0.262 bits per heavy atom. The van der Waals surface area contributed by atoms with E-state index in [9.17, 15) is 0 Å². The third-order valence-corrected chi connectivity index (χ3v) is 21.7. The predicted octanol–water partition coefficient (Wildman–Crippen LogP) is 28.0. The summed E-state index contributed by atoms with van der Waals surface area (Å²) in [4.78, 5) is 7.16. The van der Waals surface area contributed by atoms with Crippen molar-refractivity contribution in [3.05, 3.63) is 423 Å². The fraction of sp³-hybridized carbons (Fsp3) is 0.00990. The smallest absolute Gasteiger partial charge is 0.159 e. The lowest BCUT2D eigenvalue weighted by molar-refractivity contribution is 0.666. The van der Waals surface area contributed by atoms with Crippen molar-refractivity contribution in [1.82, 2.24) is 4.57 Å². The van der Waals surface area contributed by atoms with E-state index >= 15 is 0 Å². The van der Waals surface area contributed by atoms with Gasteiger partial charge >= 0.3 is 0 Å². The van der Waals surface area contributed by atoms with Gasteiger partial charge in [-0.1, -0.05) is 262 Å². The number of anilines is 9. The molecule has 0 fully saturated rings. The summed E-state index contributed by atoms with van der Waals surface area (Å²) >= 11 is 0. The molecule has 19 aromatic rings.